The molecule has 0 aromatic carbocycles. The van der Waals surface area contributed by atoms with Crippen LogP contribution in [0.1, 0.15) is 0 Å². The molecule has 11 heavy (non-hydrogen) atoms. The van der Waals surface area contributed by atoms with Gasteiger partial charge in [0, 0.05) is 6.54 Å². The fourth-order valence-electron chi connectivity index (χ4n) is 0.859. The zero-order valence-corrected chi connectivity index (χ0v) is 6.66. The molecule has 1 aliphatic heterocycles. The van der Waals surface area contributed by atoms with Crippen molar-refractivity contribution in [2.24, 2.45) is 0 Å². The molecule has 4 heteroatoms. The molecule has 0 N–H and O–H groups in total. The summed E-state index contributed by atoms with van der Waals surface area (Å²) in [5, 5.41) is 10.7. The van der Waals surface area contributed by atoms with E-state index < -0.39 is 0 Å². The summed E-state index contributed by atoms with van der Waals surface area (Å²) in [5.41, 5.74) is 0. The predicted molar refractivity (Wildman–Crippen MR) is 44.2 cm³/mol. The van der Waals surface area contributed by atoms with Gasteiger partial charge in [-0.25, -0.2) is 0 Å². The van der Waals surface area contributed by atoms with Crippen LogP contribution in [0.4, 0.5) is 0 Å². The molecule has 1 aromatic rings. The second-order valence-electron chi connectivity index (χ2n) is 2.14. The van der Waals surface area contributed by atoms with Gasteiger partial charge in [-0.15, -0.1) is 10.2 Å². The second-order valence-corrected chi connectivity index (χ2v) is 3.01. The molecule has 0 bridgehead atoms. The molecule has 1 aromatic heterocycles. The third kappa shape index (κ3) is 1.35. The first-order chi connectivity index (χ1) is 5.47. The van der Waals surface area contributed by atoms with Gasteiger partial charge in [-0.3, -0.25) is 0 Å². The highest BCUT2D eigenvalue weighted by molar-refractivity contribution is 8.02. The number of nitrogens with zero attached hydrogens (tertiary/aromatic N) is 3. The average molecular weight is 165 g/mol. The molecule has 0 amide bonds. The lowest BCUT2D eigenvalue weighted by Crippen LogP contribution is -1.95. The van der Waals surface area contributed by atoms with E-state index in [0.717, 1.165) is 11.7 Å². The fraction of sp³-hybridized carbons (Fsp3) is 0.143. The maximum absolute atomic E-state index is 3.95. The Bertz CT molecular complexity index is 272. The summed E-state index contributed by atoms with van der Waals surface area (Å²) >= 11 is 1.59. The molecule has 0 saturated carbocycles. The number of fused-ring (bicyclic) bond motifs is 1. The standard InChI is InChI=1S/C7H7N3S/c1-2-4-10-6-8-9-7(10)11-5-3-1/h1-3,5-6H,4H2. The van der Waals surface area contributed by atoms with Gasteiger partial charge < -0.3 is 4.57 Å². The molecule has 56 valence electrons. The Kier molecular flexibility index (Phi) is 1.77. The van der Waals surface area contributed by atoms with Gasteiger partial charge in [0.05, 0.1) is 0 Å². The van der Waals surface area contributed by atoms with Gasteiger partial charge >= 0.3 is 0 Å². The van der Waals surface area contributed by atoms with Crippen LogP contribution in [0.25, 0.3) is 0 Å². The third-order valence-corrected chi connectivity index (χ3v) is 2.20. The summed E-state index contributed by atoms with van der Waals surface area (Å²) in [6, 6.07) is 0. The molecule has 2 heterocycles. The summed E-state index contributed by atoms with van der Waals surface area (Å²) in [4.78, 5) is 0. The zero-order valence-electron chi connectivity index (χ0n) is 5.84. The van der Waals surface area contributed by atoms with Crippen LogP contribution in [0, 0.1) is 0 Å². The minimum Gasteiger partial charge on any atom is -0.304 e. The van der Waals surface area contributed by atoms with Crippen LogP contribution in [0.15, 0.2) is 35.1 Å². The molecule has 0 saturated heterocycles. The normalized spacial score (nSPS) is 15.6. The third-order valence-electron chi connectivity index (χ3n) is 1.38. The van der Waals surface area contributed by atoms with E-state index in [2.05, 4.69) is 16.3 Å². The van der Waals surface area contributed by atoms with E-state index in [1.54, 1.807) is 18.1 Å². The molecular formula is C7H7N3S. The van der Waals surface area contributed by atoms with Gasteiger partial charge in [0.1, 0.15) is 6.33 Å². The van der Waals surface area contributed by atoms with Crippen molar-refractivity contribution in [3.63, 3.8) is 0 Å². The molecule has 2 rings (SSSR count). The first-order valence-corrected chi connectivity index (χ1v) is 4.21. The smallest absolute Gasteiger partial charge is 0.195 e. The van der Waals surface area contributed by atoms with Gasteiger partial charge in [-0.05, 0) is 5.41 Å². The van der Waals surface area contributed by atoms with Crippen molar-refractivity contribution >= 4 is 11.8 Å². The average Bonchev–Trinajstić information content (AvgIpc) is 2.35. The highest BCUT2D eigenvalue weighted by Gasteiger charge is 2.01. The molecular weight excluding hydrogens is 158 g/mol. The van der Waals surface area contributed by atoms with Crippen molar-refractivity contribution in [3.05, 3.63) is 30.0 Å². The van der Waals surface area contributed by atoms with E-state index in [1.807, 2.05) is 22.1 Å². The molecule has 0 spiro atoms. The molecule has 0 unspecified atom stereocenters. The fourth-order valence-corrected chi connectivity index (χ4v) is 1.50. The molecule has 0 fully saturated rings. The van der Waals surface area contributed by atoms with E-state index in [4.69, 9.17) is 0 Å². The summed E-state index contributed by atoms with van der Waals surface area (Å²) < 4.78 is 2.00. The van der Waals surface area contributed by atoms with Crippen LogP contribution in [-0.4, -0.2) is 14.8 Å². The van der Waals surface area contributed by atoms with Crippen LogP contribution in [0.2, 0.25) is 0 Å². The largest absolute Gasteiger partial charge is 0.304 e. The van der Waals surface area contributed by atoms with Gasteiger partial charge in [0.15, 0.2) is 5.16 Å². The Balaban J connectivity index is 2.37. The van der Waals surface area contributed by atoms with Crippen molar-refractivity contribution < 1.29 is 0 Å². The molecule has 1 aliphatic rings. The minimum atomic E-state index is 0.861. The number of aromatic nitrogens is 3. The second kappa shape index (κ2) is 2.92. The van der Waals surface area contributed by atoms with Crippen LogP contribution < -0.4 is 0 Å². The van der Waals surface area contributed by atoms with Gasteiger partial charge in [-0.1, -0.05) is 30.0 Å². The summed E-state index contributed by atoms with van der Waals surface area (Å²) in [6.07, 6.45) is 7.84. The van der Waals surface area contributed by atoms with E-state index in [-0.39, 0.29) is 0 Å². The lowest BCUT2D eigenvalue weighted by molar-refractivity contribution is 0.725. The summed E-state index contributed by atoms with van der Waals surface area (Å²) in [7, 11) is 0. The highest BCUT2D eigenvalue weighted by Crippen LogP contribution is 2.17. The van der Waals surface area contributed by atoms with E-state index in [9.17, 15) is 0 Å². The number of rotatable bonds is 0. The Morgan fingerprint density at radius 2 is 2.45 bits per heavy atom. The molecule has 0 radical (unpaired) electrons. The lowest BCUT2D eigenvalue weighted by atomic mass is 10.5. The maximum Gasteiger partial charge on any atom is 0.195 e. The topological polar surface area (TPSA) is 30.7 Å². The van der Waals surface area contributed by atoms with Crippen LogP contribution in [-0.2, 0) is 6.54 Å². The quantitative estimate of drug-likeness (QED) is 0.583. The Morgan fingerprint density at radius 1 is 1.45 bits per heavy atom. The van der Waals surface area contributed by atoms with Crippen molar-refractivity contribution in [1.82, 2.24) is 14.8 Å². The number of hydrogen-bond acceptors (Lipinski definition) is 3. The molecule has 0 aliphatic carbocycles. The van der Waals surface area contributed by atoms with Crippen molar-refractivity contribution in [2.75, 3.05) is 0 Å². The van der Waals surface area contributed by atoms with Crippen molar-refractivity contribution in [2.45, 2.75) is 11.7 Å². The van der Waals surface area contributed by atoms with Crippen LogP contribution >= 0.6 is 11.8 Å². The Labute approximate surface area is 68.8 Å². The lowest BCUT2D eigenvalue weighted by Gasteiger charge is -2.00. The first-order valence-electron chi connectivity index (χ1n) is 3.33. The van der Waals surface area contributed by atoms with Crippen molar-refractivity contribution in [1.29, 1.82) is 0 Å². The predicted octanol–water partition coefficient (Wildman–Crippen LogP) is 1.45. The highest BCUT2D eigenvalue weighted by atomic mass is 32.2. The van der Waals surface area contributed by atoms with Crippen molar-refractivity contribution in [3.8, 4) is 0 Å². The SMILES string of the molecule is C1=CCn2cnnc2SC=C1. The van der Waals surface area contributed by atoms with Crippen LogP contribution in [0.5, 0.6) is 0 Å². The summed E-state index contributed by atoms with van der Waals surface area (Å²) in [6.45, 7) is 0.861. The van der Waals surface area contributed by atoms with Gasteiger partial charge in [0.2, 0.25) is 0 Å². The molecule has 3 nitrogen and oxygen atoms in total. The Morgan fingerprint density at radius 3 is 3.45 bits per heavy atom. The van der Waals surface area contributed by atoms with E-state index in [0.29, 0.717) is 0 Å². The van der Waals surface area contributed by atoms with E-state index in [1.165, 1.54) is 0 Å². The monoisotopic (exact) mass is 165 g/mol. The van der Waals surface area contributed by atoms with Gasteiger partial charge in [0.25, 0.3) is 0 Å². The van der Waals surface area contributed by atoms with Gasteiger partial charge in [-0.2, -0.15) is 0 Å². The molecule has 0 atom stereocenters. The summed E-state index contributed by atoms with van der Waals surface area (Å²) in [5.74, 6) is 0. The maximum atomic E-state index is 3.95. The number of hydrogen-bond donors (Lipinski definition) is 0. The number of allylic oxidation sites excluding steroid dienone is 3. The van der Waals surface area contributed by atoms with Crippen LogP contribution in [0.3, 0.4) is 0 Å². The minimum absolute atomic E-state index is 0.861. The zero-order chi connectivity index (χ0) is 7.52. The van der Waals surface area contributed by atoms with E-state index >= 15 is 0 Å². The first kappa shape index (κ1) is 6.67. The number of thioether (sulfide) groups is 1. The Hall–Kier alpha value is -1.03.